The van der Waals surface area contributed by atoms with Gasteiger partial charge in [0, 0.05) is 18.3 Å². The third-order valence-corrected chi connectivity index (χ3v) is 2.78. The number of pyridine rings is 1. The first-order valence-electron chi connectivity index (χ1n) is 5.94. The summed E-state index contributed by atoms with van der Waals surface area (Å²) in [6.45, 7) is 0.488. The Morgan fingerprint density at radius 3 is 3.15 bits per heavy atom. The minimum Gasteiger partial charge on any atom is -0.481 e. The standard InChI is InChI=1S/C12H12N6O2/c1-20-11-8(3-2-6-13-11)7-14-9-4-5-10-15-16-12(19)18(10)17-9/h2-6H,7H2,1H3,(H,14,17)(H,16,19). The molecule has 20 heavy (non-hydrogen) atoms. The van der Waals surface area contributed by atoms with E-state index < -0.39 is 0 Å². The van der Waals surface area contributed by atoms with Gasteiger partial charge in [-0.15, -0.1) is 5.10 Å². The van der Waals surface area contributed by atoms with E-state index in [4.69, 9.17) is 4.74 Å². The van der Waals surface area contributed by atoms with E-state index in [1.54, 1.807) is 25.4 Å². The molecule has 0 spiro atoms. The number of aromatic amines is 1. The van der Waals surface area contributed by atoms with Crippen LogP contribution in [0.2, 0.25) is 0 Å². The van der Waals surface area contributed by atoms with E-state index in [-0.39, 0.29) is 5.69 Å². The van der Waals surface area contributed by atoms with Gasteiger partial charge in [0.15, 0.2) is 5.65 Å². The van der Waals surface area contributed by atoms with Crippen LogP contribution < -0.4 is 15.7 Å². The molecule has 0 bridgehead atoms. The lowest BCUT2D eigenvalue weighted by molar-refractivity contribution is 0.393. The normalized spacial score (nSPS) is 10.7. The fraction of sp³-hybridized carbons (Fsp3) is 0.167. The van der Waals surface area contributed by atoms with Crippen molar-refractivity contribution in [2.45, 2.75) is 6.54 Å². The van der Waals surface area contributed by atoms with Gasteiger partial charge in [0.25, 0.3) is 0 Å². The van der Waals surface area contributed by atoms with Crippen molar-refractivity contribution in [1.29, 1.82) is 0 Å². The van der Waals surface area contributed by atoms with Gasteiger partial charge in [0.1, 0.15) is 5.82 Å². The number of anilines is 1. The lowest BCUT2D eigenvalue weighted by Crippen LogP contribution is -2.14. The Labute approximate surface area is 113 Å². The molecule has 0 unspecified atom stereocenters. The summed E-state index contributed by atoms with van der Waals surface area (Å²) in [5, 5.41) is 13.4. The van der Waals surface area contributed by atoms with Crippen molar-refractivity contribution >= 4 is 11.5 Å². The molecule has 3 heterocycles. The Morgan fingerprint density at radius 2 is 2.30 bits per heavy atom. The van der Waals surface area contributed by atoms with Crippen LogP contribution in [0.3, 0.4) is 0 Å². The number of aromatic nitrogens is 5. The molecule has 0 aromatic carbocycles. The molecule has 0 amide bonds. The van der Waals surface area contributed by atoms with Crippen LogP contribution in [-0.4, -0.2) is 31.9 Å². The number of nitrogens with one attached hydrogen (secondary N) is 2. The van der Waals surface area contributed by atoms with Gasteiger partial charge in [-0.3, -0.25) is 0 Å². The van der Waals surface area contributed by atoms with E-state index in [2.05, 4.69) is 25.6 Å². The van der Waals surface area contributed by atoms with Crippen molar-refractivity contribution in [3.63, 3.8) is 0 Å². The van der Waals surface area contributed by atoms with Crippen LogP contribution in [0.5, 0.6) is 5.88 Å². The molecule has 3 aromatic heterocycles. The van der Waals surface area contributed by atoms with E-state index in [1.807, 2.05) is 12.1 Å². The Morgan fingerprint density at radius 1 is 1.40 bits per heavy atom. The van der Waals surface area contributed by atoms with Crippen LogP contribution in [0.4, 0.5) is 5.82 Å². The Bertz CT molecular complexity index is 794. The van der Waals surface area contributed by atoms with Crippen molar-refractivity contribution in [3.8, 4) is 5.88 Å². The minimum atomic E-state index is -0.373. The van der Waals surface area contributed by atoms with Crippen molar-refractivity contribution in [3.05, 3.63) is 46.5 Å². The topological polar surface area (TPSA) is 97.2 Å². The molecule has 0 atom stereocenters. The maximum Gasteiger partial charge on any atom is 0.364 e. The van der Waals surface area contributed by atoms with Crippen LogP contribution in [-0.2, 0) is 6.54 Å². The molecule has 0 saturated heterocycles. The smallest absolute Gasteiger partial charge is 0.364 e. The second kappa shape index (κ2) is 5.00. The van der Waals surface area contributed by atoms with Gasteiger partial charge in [0.2, 0.25) is 5.88 Å². The van der Waals surface area contributed by atoms with Gasteiger partial charge in [-0.1, -0.05) is 6.07 Å². The monoisotopic (exact) mass is 272 g/mol. The molecule has 0 fully saturated rings. The highest BCUT2D eigenvalue weighted by molar-refractivity contribution is 5.43. The van der Waals surface area contributed by atoms with E-state index in [9.17, 15) is 4.79 Å². The zero-order valence-corrected chi connectivity index (χ0v) is 10.7. The average Bonchev–Trinajstić information content (AvgIpc) is 2.86. The fourth-order valence-corrected chi connectivity index (χ4v) is 1.83. The molecule has 0 aliphatic heterocycles. The summed E-state index contributed by atoms with van der Waals surface area (Å²) in [4.78, 5) is 15.5. The van der Waals surface area contributed by atoms with Crippen LogP contribution in [0.1, 0.15) is 5.56 Å². The maximum absolute atomic E-state index is 11.4. The van der Waals surface area contributed by atoms with E-state index in [1.165, 1.54) is 4.52 Å². The van der Waals surface area contributed by atoms with Gasteiger partial charge < -0.3 is 10.1 Å². The first-order valence-corrected chi connectivity index (χ1v) is 5.94. The Balaban J connectivity index is 1.83. The molecule has 102 valence electrons. The quantitative estimate of drug-likeness (QED) is 0.715. The highest BCUT2D eigenvalue weighted by Crippen LogP contribution is 2.15. The molecule has 8 nitrogen and oxygen atoms in total. The predicted octanol–water partition coefficient (Wildman–Crippen LogP) is 0.433. The van der Waals surface area contributed by atoms with Crippen LogP contribution >= 0.6 is 0 Å². The summed E-state index contributed by atoms with van der Waals surface area (Å²) in [7, 11) is 1.57. The summed E-state index contributed by atoms with van der Waals surface area (Å²) in [6.07, 6.45) is 1.66. The first-order chi connectivity index (χ1) is 9.78. The van der Waals surface area contributed by atoms with Gasteiger partial charge in [-0.2, -0.15) is 9.61 Å². The number of rotatable bonds is 4. The van der Waals surface area contributed by atoms with Crippen LogP contribution in [0, 0.1) is 0 Å². The molecule has 3 rings (SSSR count). The second-order valence-corrected chi connectivity index (χ2v) is 4.04. The molecular weight excluding hydrogens is 260 g/mol. The van der Waals surface area contributed by atoms with E-state index >= 15 is 0 Å². The predicted molar refractivity (Wildman–Crippen MR) is 71.7 cm³/mol. The van der Waals surface area contributed by atoms with Crippen LogP contribution in [0.25, 0.3) is 5.65 Å². The van der Waals surface area contributed by atoms with Gasteiger partial charge in [0.05, 0.1) is 7.11 Å². The summed E-state index contributed by atoms with van der Waals surface area (Å²) in [5.74, 6) is 1.12. The zero-order valence-electron chi connectivity index (χ0n) is 10.7. The minimum absolute atomic E-state index is 0.373. The number of H-pyrrole nitrogens is 1. The van der Waals surface area contributed by atoms with Gasteiger partial charge >= 0.3 is 5.69 Å². The van der Waals surface area contributed by atoms with Crippen LogP contribution in [0.15, 0.2) is 35.3 Å². The average molecular weight is 272 g/mol. The lowest BCUT2D eigenvalue weighted by Gasteiger charge is -2.08. The number of methoxy groups -OCH3 is 1. The van der Waals surface area contributed by atoms with Crippen molar-refractivity contribution < 1.29 is 4.74 Å². The summed E-state index contributed by atoms with van der Waals surface area (Å²) < 4.78 is 6.37. The molecule has 0 saturated carbocycles. The highest BCUT2D eigenvalue weighted by Gasteiger charge is 2.05. The SMILES string of the molecule is COc1ncccc1CNc1ccc2n[nH]c(=O)n2n1. The lowest BCUT2D eigenvalue weighted by atomic mass is 10.2. The van der Waals surface area contributed by atoms with Crippen molar-refractivity contribution in [2.75, 3.05) is 12.4 Å². The number of hydrogen-bond acceptors (Lipinski definition) is 6. The molecule has 2 N–H and O–H groups in total. The Hall–Kier alpha value is -2.90. The highest BCUT2D eigenvalue weighted by atomic mass is 16.5. The second-order valence-electron chi connectivity index (χ2n) is 4.04. The molecule has 0 aliphatic rings. The molecule has 0 radical (unpaired) electrons. The van der Waals surface area contributed by atoms with Gasteiger partial charge in [-0.05, 0) is 18.2 Å². The molecule has 8 heteroatoms. The summed E-state index contributed by atoms with van der Waals surface area (Å²) in [5.41, 5.74) is 0.999. The maximum atomic E-state index is 11.4. The fourth-order valence-electron chi connectivity index (χ4n) is 1.83. The number of nitrogens with zero attached hydrogens (tertiary/aromatic N) is 4. The Kier molecular flexibility index (Phi) is 3.04. The third kappa shape index (κ3) is 2.18. The summed E-state index contributed by atoms with van der Waals surface area (Å²) in [6, 6.07) is 7.18. The zero-order chi connectivity index (χ0) is 13.9. The molecule has 0 aliphatic carbocycles. The molecular formula is C12H12N6O2. The number of fused-ring (bicyclic) bond motifs is 1. The van der Waals surface area contributed by atoms with Gasteiger partial charge in [-0.25, -0.2) is 14.9 Å². The largest absolute Gasteiger partial charge is 0.481 e. The van der Waals surface area contributed by atoms with Crippen molar-refractivity contribution in [1.82, 2.24) is 24.8 Å². The number of hydrogen-bond donors (Lipinski definition) is 2. The number of ether oxygens (including phenoxy) is 1. The van der Waals surface area contributed by atoms with E-state index in [0.29, 0.717) is 23.9 Å². The van der Waals surface area contributed by atoms with Crippen molar-refractivity contribution in [2.24, 2.45) is 0 Å². The first kappa shape index (κ1) is 12.2. The molecule has 3 aromatic rings. The van der Waals surface area contributed by atoms with E-state index in [0.717, 1.165) is 5.56 Å². The summed E-state index contributed by atoms with van der Waals surface area (Å²) >= 11 is 0. The third-order valence-electron chi connectivity index (χ3n) is 2.78.